The molecule has 1 aliphatic rings. The number of benzene rings is 1. The van der Waals surface area contributed by atoms with Gasteiger partial charge in [0.1, 0.15) is 38.0 Å². The summed E-state index contributed by atoms with van der Waals surface area (Å²) < 4.78 is 13.6. The molecule has 2 atom stereocenters. The summed E-state index contributed by atoms with van der Waals surface area (Å²) in [5.41, 5.74) is 0.785. The lowest BCUT2D eigenvalue weighted by molar-refractivity contribution is -0.982. The zero-order valence-electron chi connectivity index (χ0n) is 10.0. The van der Waals surface area contributed by atoms with Gasteiger partial charge in [-0.25, -0.2) is 4.39 Å². The third kappa shape index (κ3) is 3.25. The molecular formula is C13H21FN2O+2. The minimum Gasteiger partial charge on any atom is -0.396 e. The van der Waals surface area contributed by atoms with Crippen LogP contribution in [-0.4, -0.2) is 37.4 Å². The standard InChI is InChI=1S/C13H19FN2O/c14-13-4-2-1-3-11(13)10-16-7-6-15-9-12(16)5-8-17/h1-4,12,15,17H,5-10H2/p+2/t12-/m0/s1. The fraction of sp³-hybridized carbons (Fsp3) is 0.538. The second kappa shape index (κ2) is 6.10. The van der Waals surface area contributed by atoms with E-state index in [1.165, 1.54) is 11.0 Å². The first-order valence-electron chi connectivity index (χ1n) is 6.31. The van der Waals surface area contributed by atoms with Gasteiger partial charge in [-0.15, -0.1) is 0 Å². The number of quaternary nitrogens is 2. The van der Waals surface area contributed by atoms with Crippen molar-refractivity contribution in [3.05, 3.63) is 35.6 Å². The van der Waals surface area contributed by atoms with Crippen LogP contribution >= 0.6 is 0 Å². The highest BCUT2D eigenvalue weighted by Crippen LogP contribution is 2.04. The van der Waals surface area contributed by atoms with Gasteiger partial charge in [0.15, 0.2) is 0 Å². The van der Waals surface area contributed by atoms with Crippen LogP contribution in [0.3, 0.4) is 0 Å². The molecule has 17 heavy (non-hydrogen) atoms. The van der Waals surface area contributed by atoms with E-state index >= 15 is 0 Å². The number of aliphatic hydroxyl groups excluding tert-OH is 1. The Kier molecular flexibility index (Phi) is 4.48. The van der Waals surface area contributed by atoms with Crippen molar-refractivity contribution in [3.8, 4) is 0 Å². The lowest BCUT2D eigenvalue weighted by Gasteiger charge is -2.30. The number of rotatable bonds is 4. The Bertz CT molecular complexity index is 357. The summed E-state index contributed by atoms with van der Waals surface area (Å²) in [7, 11) is 0. The molecule has 0 saturated carbocycles. The summed E-state index contributed by atoms with van der Waals surface area (Å²) in [4.78, 5) is 1.40. The average molecular weight is 240 g/mol. The van der Waals surface area contributed by atoms with Gasteiger partial charge in [-0.2, -0.15) is 0 Å². The van der Waals surface area contributed by atoms with Crippen molar-refractivity contribution in [1.29, 1.82) is 0 Å². The van der Waals surface area contributed by atoms with E-state index < -0.39 is 0 Å². The predicted molar refractivity (Wildman–Crippen MR) is 63.1 cm³/mol. The Hall–Kier alpha value is -0.970. The van der Waals surface area contributed by atoms with E-state index in [1.54, 1.807) is 6.07 Å². The third-order valence-corrected chi connectivity index (χ3v) is 3.55. The monoisotopic (exact) mass is 240 g/mol. The molecule has 0 spiro atoms. The van der Waals surface area contributed by atoms with Crippen LogP contribution in [0.1, 0.15) is 12.0 Å². The van der Waals surface area contributed by atoms with Crippen LogP contribution in [0.4, 0.5) is 4.39 Å². The van der Waals surface area contributed by atoms with Gasteiger partial charge in [-0.05, 0) is 6.07 Å². The van der Waals surface area contributed by atoms with E-state index in [4.69, 9.17) is 5.11 Å². The molecule has 2 rings (SSSR count). The van der Waals surface area contributed by atoms with Crippen LogP contribution in [0.25, 0.3) is 0 Å². The maximum Gasteiger partial charge on any atom is 0.140 e. The van der Waals surface area contributed by atoms with E-state index in [0.29, 0.717) is 6.04 Å². The molecule has 1 aromatic rings. The zero-order chi connectivity index (χ0) is 12.1. The maximum atomic E-state index is 13.6. The Labute approximate surface area is 101 Å². The van der Waals surface area contributed by atoms with Gasteiger partial charge < -0.3 is 15.3 Å². The first kappa shape index (κ1) is 12.5. The summed E-state index contributed by atoms with van der Waals surface area (Å²) in [5, 5.41) is 11.3. The number of aliphatic hydroxyl groups is 1. The number of hydrogen-bond acceptors (Lipinski definition) is 1. The van der Waals surface area contributed by atoms with Crippen molar-refractivity contribution in [2.45, 2.75) is 19.0 Å². The smallest absolute Gasteiger partial charge is 0.140 e. The molecule has 1 aromatic carbocycles. The Morgan fingerprint density at radius 2 is 2.24 bits per heavy atom. The first-order valence-corrected chi connectivity index (χ1v) is 6.31. The molecule has 3 nitrogen and oxygen atoms in total. The second-order valence-electron chi connectivity index (χ2n) is 4.70. The third-order valence-electron chi connectivity index (χ3n) is 3.55. The van der Waals surface area contributed by atoms with Crippen LogP contribution < -0.4 is 10.2 Å². The fourth-order valence-corrected chi connectivity index (χ4v) is 2.57. The Morgan fingerprint density at radius 3 is 3.00 bits per heavy atom. The molecule has 4 N–H and O–H groups in total. The van der Waals surface area contributed by atoms with Gasteiger partial charge in [0.25, 0.3) is 0 Å². The number of nitrogens with one attached hydrogen (secondary N) is 1. The van der Waals surface area contributed by atoms with E-state index in [9.17, 15) is 4.39 Å². The number of hydrogen-bond donors (Lipinski definition) is 3. The largest absolute Gasteiger partial charge is 0.396 e. The highest BCUT2D eigenvalue weighted by atomic mass is 19.1. The quantitative estimate of drug-likeness (QED) is 0.591. The number of piperazine rings is 1. The molecule has 0 aliphatic carbocycles. The minimum atomic E-state index is -0.114. The summed E-state index contributed by atoms with van der Waals surface area (Å²) >= 11 is 0. The molecule has 1 heterocycles. The molecule has 1 unspecified atom stereocenters. The normalized spacial score (nSPS) is 24.8. The van der Waals surface area contributed by atoms with E-state index in [2.05, 4.69) is 5.32 Å². The highest BCUT2D eigenvalue weighted by molar-refractivity contribution is 5.15. The minimum absolute atomic E-state index is 0.114. The zero-order valence-corrected chi connectivity index (χ0v) is 10.0. The van der Waals surface area contributed by atoms with Crippen molar-refractivity contribution in [2.75, 3.05) is 26.2 Å². The van der Waals surface area contributed by atoms with E-state index in [-0.39, 0.29) is 12.4 Å². The second-order valence-corrected chi connectivity index (χ2v) is 4.70. The van der Waals surface area contributed by atoms with Crippen molar-refractivity contribution in [2.24, 2.45) is 0 Å². The molecular weight excluding hydrogens is 219 g/mol. The fourth-order valence-electron chi connectivity index (χ4n) is 2.57. The molecule has 1 aliphatic heterocycles. The van der Waals surface area contributed by atoms with E-state index in [0.717, 1.165) is 38.2 Å². The molecule has 0 amide bonds. The first-order chi connectivity index (χ1) is 8.31. The van der Waals surface area contributed by atoms with Crippen LogP contribution in [0.2, 0.25) is 0 Å². The van der Waals surface area contributed by atoms with Gasteiger partial charge in [-0.1, -0.05) is 18.2 Å². The summed E-state index contributed by atoms with van der Waals surface area (Å²) in [6.45, 7) is 4.11. The number of nitrogens with two attached hydrogens (primary N) is 1. The summed E-state index contributed by atoms with van der Waals surface area (Å²) in [6, 6.07) is 7.43. The Morgan fingerprint density at radius 1 is 1.41 bits per heavy atom. The molecule has 0 bridgehead atoms. The number of halogens is 1. The van der Waals surface area contributed by atoms with Gasteiger partial charge in [0.2, 0.25) is 0 Å². The van der Waals surface area contributed by atoms with Crippen LogP contribution in [0.15, 0.2) is 24.3 Å². The maximum absolute atomic E-state index is 13.6. The SMILES string of the molecule is OCC[C@H]1C[NH2+]CC[NH+]1Cc1ccccc1F. The average Bonchev–Trinajstić information content (AvgIpc) is 2.35. The predicted octanol–water partition coefficient (Wildman–Crippen LogP) is -1.46. The summed E-state index contributed by atoms with van der Waals surface area (Å²) in [6.07, 6.45) is 0.806. The lowest BCUT2D eigenvalue weighted by atomic mass is 10.1. The van der Waals surface area contributed by atoms with Crippen LogP contribution in [0, 0.1) is 5.82 Å². The molecule has 1 saturated heterocycles. The van der Waals surface area contributed by atoms with Crippen molar-refractivity contribution < 1.29 is 19.7 Å². The molecule has 0 aromatic heterocycles. The highest BCUT2D eigenvalue weighted by Gasteiger charge is 2.28. The molecule has 1 fully saturated rings. The van der Waals surface area contributed by atoms with Crippen LogP contribution in [0.5, 0.6) is 0 Å². The summed E-state index contributed by atoms with van der Waals surface area (Å²) in [5.74, 6) is -0.114. The molecule has 4 heteroatoms. The Balaban J connectivity index is 2.03. The van der Waals surface area contributed by atoms with Gasteiger partial charge in [0, 0.05) is 18.6 Å². The van der Waals surface area contributed by atoms with Crippen LogP contribution in [-0.2, 0) is 6.54 Å². The van der Waals surface area contributed by atoms with E-state index in [1.807, 2.05) is 12.1 Å². The van der Waals surface area contributed by atoms with Gasteiger partial charge in [-0.3, -0.25) is 0 Å². The lowest BCUT2D eigenvalue weighted by Crippen LogP contribution is -3.23. The van der Waals surface area contributed by atoms with Gasteiger partial charge >= 0.3 is 0 Å². The van der Waals surface area contributed by atoms with Gasteiger partial charge in [0.05, 0.1) is 0 Å². The topological polar surface area (TPSA) is 41.3 Å². The van der Waals surface area contributed by atoms with Crippen molar-refractivity contribution in [1.82, 2.24) is 0 Å². The molecule has 94 valence electrons. The molecule has 0 radical (unpaired) electrons. The van der Waals surface area contributed by atoms with Crippen molar-refractivity contribution in [3.63, 3.8) is 0 Å². The van der Waals surface area contributed by atoms with Crippen molar-refractivity contribution >= 4 is 0 Å².